The minimum atomic E-state index is 0.679. The van der Waals surface area contributed by atoms with Gasteiger partial charge in [-0.15, -0.1) is 11.3 Å². The van der Waals surface area contributed by atoms with Gasteiger partial charge in [0.2, 0.25) is 0 Å². The van der Waals surface area contributed by atoms with Crippen LogP contribution in [0.25, 0.3) is 10.4 Å². The molecule has 1 aromatic carbocycles. The zero-order valence-corrected chi connectivity index (χ0v) is 9.04. The fraction of sp³-hybridized carbons (Fsp3) is 0.0833. The number of hydrogen-bond acceptors (Lipinski definition) is 3. The molecule has 0 bridgehead atoms. The standard InChI is InChI=1S/C12H9NOS/c1-14-11-6-7-15-12(11)10-5-3-2-4-9(10)8-13/h2-7H,1H3. The molecular formula is C12H9NOS. The molecule has 0 spiro atoms. The first-order chi connectivity index (χ1) is 7.36. The average Bonchev–Trinajstić information content (AvgIpc) is 2.76. The molecule has 0 atom stereocenters. The number of nitrogens with zero attached hydrogens (tertiary/aromatic N) is 1. The van der Waals surface area contributed by atoms with Crippen LogP contribution in [0.4, 0.5) is 0 Å². The Kier molecular flexibility index (Phi) is 2.70. The number of ether oxygens (including phenoxy) is 1. The van der Waals surface area contributed by atoms with Gasteiger partial charge in [-0.05, 0) is 17.5 Å². The van der Waals surface area contributed by atoms with E-state index in [-0.39, 0.29) is 0 Å². The van der Waals surface area contributed by atoms with Gasteiger partial charge in [-0.1, -0.05) is 18.2 Å². The van der Waals surface area contributed by atoms with Crippen molar-refractivity contribution < 1.29 is 4.74 Å². The first-order valence-corrected chi connectivity index (χ1v) is 5.35. The number of thiophene rings is 1. The van der Waals surface area contributed by atoms with Gasteiger partial charge in [0, 0.05) is 5.56 Å². The molecule has 3 heteroatoms. The summed E-state index contributed by atoms with van der Waals surface area (Å²) in [6.45, 7) is 0. The predicted molar refractivity (Wildman–Crippen MR) is 61.0 cm³/mol. The summed E-state index contributed by atoms with van der Waals surface area (Å²) in [5.41, 5.74) is 1.62. The van der Waals surface area contributed by atoms with Crippen LogP contribution in [0, 0.1) is 11.3 Å². The molecule has 1 aromatic heterocycles. The van der Waals surface area contributed by atoms with Gasteiger partial charge < -0.3 is 4.74 Å². The lowest BCUT2D eigenvalue weighted by Crippen LogP contribution is -1.85. The number of rotatable bonds is 2. The summed E-state index contributed by atoms with van der Waals surface area (Å²) in [6.07, 6.45) is 0. The van der Waals surface area contributed by atoms with Crippen LogP contribution in [0.2, 0.25) is 0 Å². The molecule has 0 saturated heterocycles. The van der Waals surface area contributed by atoms with Crippen LogP contribution in [0.1, 0.15) is 5.56 Å². The third-order valence-corrected chi connectivity index (χ3v) is 3.07. The summed E-state index contributed by atoms with van der Waals surface area (Å²) in [6, 6.07) is 11.6. The van der Waals surface area contributed by atoms with Crippen molar-refractivity contribution in [3.8, 4) is 22.3 Å². The molecule has 0 fully saturated rings. The zero-order valence-electron chi connectivity index (χ0n) is 8.23. The molecule has 0 unspecified atom stereocenters. The van der Waals surface area contributed by atoms with E-state index in [1.165, 1.54) is 0 Å². The van der Waals surface area contributed by atoms with E-state index in [0.717, 1.165) is 16.2 Å². The van der Waals surface area contributed by atoms with Crippen LogP contribution in [0.5, 0.6) is 5.75 Å². The Morgan fingerprint density at radius 3 is 2.80 bits per heavy atom. The highest BCUT2D eigenvalue weighted by molar-refractivity contribution is 7.14. The van der Waals surface area contributed by atoms with Gasteiger partial charge in [0.25, 0.3) is 0 Å². The Balaban J connectivity index is 2.59. The molecule has 15 heavy (non-hydrogen) atoms. The van der Waals surface area contributed by atoms with Crippen molar-refractivity contribution in [1.82, 2.24) is 0 Å². The van der Waals surface area contributed by atoms with Crippen molar-refractivity contribution in [2.24, 2.45) is 0 Å². The van der Waals surface area contributed by atoms with Crippen LogP contribution in [-0.2, 0) is 0 Å². The molecule has 0 aliphatic heterocycles. The van der Waals surface area contributed by atoms with Crippen molar-refractivity contribution in [1.29, 1.82) is 5.26 Å². The Morgan fingerprint density at radius 1 is 1.27 bits per heavy atom. The molecule has 0 saturated carbocycles. The first-order valence-electron chi connectivity index (χ1n) is 4.48. The molecule has 1 heterocycles. The summed E-state index contributed by atoms with van der Waals surface area (Å²) in [5.74, 6) is 0.822. The van der Waals surface area contributed by atoms with Crippen LogP contribution in [0.3, 0.4) is 0 Å². The van der Waals surface area contributed by atoms with Gasteiger partial charge in [0.15, 0.2) is 0 Å². The van der Waals surface area contributed by atoms with Gasteiger partial charge >= 0.3 is 0 Å². The van der Waals surface area contributed by atoms with Crippen LogP contribution < -0.4 is 4.74 Å². The Morgan fingerprint density at radius 2 is 2.07 bits per heavy atom. The minimum absolute atomic E-state index is 0.679. The topological polar surface area (TPSA) is 33.0 Å². The molecule has 2 nitrogen and oxygen atoms in total. The van der Waals surface area contributed by atoms with E-state index in [2.05, 4.69) is 6.07 Å². The lowest BCUT2D eigenvalue weighted by Gasteiger charge is -2.03. The lowest BCUT2D eigenvalue weighted by atomic mass is 10.1. The molecular weight excluding hydrogens is 206 g/mol. The van der Waals surface area contributed by atoms with Crippen molar-refractivity contribution >= 4 is 11.3 Å². The Hall–Kier alpha value is -1.79. The summed E-state index contributed by atoms with van der Waals surface area (Å²) in [4.78, 5) is 1.01. The molecule has 0 radical (unpaired) electrons. The van der Waals surface area contributed by atoms with Crippen LogP contribution >= 0.6 is 11.3 Å². The van der Waals surface area contributed by atoms with E-state index in [0.29, 0.717) is 5.56 Å². The summed E-state index contributed by atoms with van der Waals surface area (Å²) >= 11 is 1.58. The normalized spacial score (nSPS) is 9.60. The Bertz CT molecular complexity index is 510. The monoisotopic (exact) mass is 215 g/mol. The molecule has 2 rings (SSSR count). The van der Waals surface area contributed by atoms with E-state index in [1.807, 2.05) is 35.7 Å². The van der Waals surface area contributed by atoms with Gasteiger partial charge in [0.1, 0.15) is 5.75 Å². The minimum Gasteiger partial charge on any atom is -0.495 e. The van der Waals surface area contributed by atoms with Gasteiger partial charge in [-0.3, -0.25) is 0 Å². The maximum absolute atomic E-state index is 8.99. The number of nitriles is 1. The van der Waals surface area contributed by atoms with Gasteiger partial charge in [0.05, 0.1) is 23.6 Å². The third-order valence-electron chi connectivity index (χ3n) is 2.14. The highest BCUT2D eigenvalue weighted by Gasteiger charge is 2.10. The lowest BCUT2D eigenvalue weighted by molar-refractivity contribution is 0.418. The van der Waals surface area contributed by atoms with Crippen LogP contribution in [-0.4, -0.2) is 7.11 Å². The van der Waals surface area contributed by atoms with E-state index in [1.54, 1.807) is 18.4 Å². The zero-order chi connectivity index (χ0) is 10.7. The molecule has 2 aromatic rings. The Labute approximate surface area is 92.4 Å². The van der Waals surface area contributed by atoms with Gasteiger partial charge in [-0.2, -0.15) is 5.26 Å². The van der Waals surface area contributed by atoms with Crippen LogP contribution in [0.15, 0.2) is 35.7 Å². The molecule has 0 amide bonds. The maximum atomic E-state index is 8.99. The second-order valence-corrected chi connectivity index (χ2v) is 3.89. The van der Waals surface area contributed by atoms with Crippen molar-refractivity contribution in [2.45, 2.75) is 0 Å². The van der Waals surface area contributed by atoms with Gasteiger partial charge in [-0.25, -0.2) is 0 Å². The summed E-state index contributed by atoms with van der Waals surface area (Å²) in [7, 11) is 1.64. The van der Waals surface area contributed by atoms with E-state index < -0.39 is 0 Å². The molecule has 0 aliphatic carbocycles. The smallest absolute Gasteiger partial charge is 0.137 e. The largest absolute Gasteiger partial charge is 0.495 e. The van der Waals surface area contributed by atoms with Crippen molar-refractivity contribution in [2.75, 3.05) is 7.11 Å². The predicted octanol–water partition coefficient (Wildman–Crippen LogP) is 3.30. The second kappa shape index (κ2) is 4.16. The van der Waals surface area contributed by atoms with Crippen molar-refractivity contribution in [3.63, 3.8) is 0 Å². The van der Waals surface area contributed by atoms with E-state index in [9.17, 15) is 0 Å². The summed E-state index contributed by atoms with van der Waals surface area (Å²) < 4.78 is 5.24. The molecule has 74 valence electrons. The summed E-state index contributed by atoms with van der Waals surface area (Å²) in [5, 5.41) is 11.0. The highest BCUT2D eigenvalue weighted by atomic mass is 32.1. The fourth-order valence-corrected chi connectivity index (χ4v) is 2.33. The average molecular weight is 215 g/mol. The first kappa shape index (κ1) is 9.75. The maximum Gasteiger partial charge on any atom is 0.137 e. The SMILES string of the molecule is COc1ccsc1-c1ccccc1C#N. The highest BCUT2D eigenvalue weighted by Crippen LogP contribution is 2.36. The third kappa shape index (κ3) is 1.72. The quantitative estimate of drug-likeness (QED) is 0.770. The second-order valence-electron chi connectivity index (χ2n) is 2.98. The number of benzene rings is 1. The number of hydrogen-bond donors (Lipinski definition) is 0. The van der Waals surface area contributed by atoms with Crippen molar-refractivity contribution in [3.05, 3.63) is 41.3 Å². The molecule has 0 N–H and O–H groups in total. The molecule has 0 aliphatic rings. The number of methoxy groups -OCH3 is 1. The fourth-order valence-electron chi connectivity index (χ4n) is 1.43. The van der Waals surface area contributed by atoms with E-state index >= 15 is 0 Å². The van der Waals surface area contributed by atoms with E-state index in [4.69, 9.17) is 10.00 Å².